The molecule has 8 heteroatoms. The van der Waals surface area contributed by atoms with E-state index in [1.807, 2.05) is 6.07 Å². The number of rotatable bonds is 6. The highest BCUT2D eigenvalue weighted by molar-refractivity contribution is 8.32. The number of anilines is 3. The van der Waals surface area contributed by atoms with E-state index in [0.29, 0.717) is 11.4 Å². The number of aromatic nitrogens is 1. The maximum absolute atomic E-state index is 14.7. The van der Waals surface area contributed by atoms with Crippen LogP contribution in [-0.2, 0) is 11.8 Å². The first-order valence-electron chi connectivity index (χ1n) is 8.40. The van der Waals surface area contributed by atoms with Crippen molar-refractivity contribution in [1.82, 2.24) is 4.57 Å². The van der Waals surface area contributed by atoms with E-state index in [0.717, 1.165) is 4.90 Å². The maximum atomic E-state index is 14.7. The van der Waals surface area contributed by atoms with Crippen LogP contribution in [0.4, 0.5) is 21.5 Å². The molecule has 0 saturated carbocycles. The van der Waals surface area contributed by atoms with Crippen molar-refractivity contribution in [2.45, 2.75) is 11.8 Å². The van der Waals surface area contributed by atoms with Gasteiger partial charge in [-0.3, -0.25) is 0 Å². The van der Waals surface area contributed by atoms with Crippen molar-refractivity contribution in [3.05, 3.63) is 41.6 Å². The summed E-state index contributed by atoms with van der Waals surface area (Å²) in [7, 11) is 0.616. The lowest BCUT2D eigenvalue weighted by molar-refractivity contribution is 0.0516. The molecule has 1 heterocycles. The van der Waals surface area contributed by atoms with Gasteiger partial charge in [0.1, 0.15) is 5.82 Å². The number of hydrogen-bond acceptors (Lipinski definition) is 5. The van der Waals surface area contributed by atoms with E-state index in [-0.39, 0.29) is 23.7 Å². The fourth-order valence-electron chi connectivity index (χ4n) is 2.69. The third kappa shape index (κ3) is 4.21. The smallest absolute Gasteiger partial charge is 0.357 e. The van der Waals surface area contributed by atoms with Gasteiger partial charge < -0.3 is 26.1 Å². The highest BCUT2D eigenvalue weighted by atomic mass is 32.3. The Bertz CT molecular complexity index is 885. The van der Waals surface area contributed by atoms with Gasteiger partial charge in [0.2, 0.25) is 0 Å². The van der Waals surface area contributed by atoms with Crippen LogP contribution in [0.5, 0.6) is 0 Å². The Morgan fingerprint density at radius 3 is 2.56 bits per heavy atom. The second kappa shape index (κ2) is 7.96. The van der Waals surface area contributed by atoms with Gasteiger partial charge in [-0.2, -0.15) is 0 Å². The molecule has 1 aromatic heterocycles. The standard InChI is InChI=1S/C19H27FN4O2S/c1-6-26-19(25)18-17(16(22)15(9-10-21)24(18)2)23-14-8-7-12(11-13(14)20)27(3,4)5/h7-11,23H,6,21-22H2,1-5H3/b10-9-. The zero-order valence-electron chi connectivity index (χ0n) is 16.3. The molecule has 0 spiro atoms. The first kappa shape index (κ1) is 20.7. The number of carbonyl (C=O) groups is 1. The van der Waals surface area contributed by atoms with Crippen molar-refractivity contribution in [3.63, 3.8) is 0 Å². The molecule has 0 amide bonds. The summed E-state index contributed by atoms with van der Waals surface area (Å²) in [4.78, 5) is 13.4. The van der Waals surface area contributed by atoms with Gasteiger partial charge in [-0.25, -0.2) is 19.2 Å². The van der Waals surface area contributed by atoms with Crippen LogP contribution >= 0.6 is 10.0 Å². The number of hydrogen-bond donors (Lipinski definition) is 3. The summed E-state index contributed by atoms with van der Waals surface area (Å²) in [6.07, 6.45) is 9.18. The average molecular weight is 395 g/mol. The maximum Gasteiger partial charge on any atom is 0.357 e. The quantitative estimate of drug-likeness (QED) is 0.650. The normalized spacial score (nSPS) is 12.4. The average Bonchev–Trinajstić information content (AvgIpc) is 2.80. The topological polar surface area (TPSA) is 95.3 Å². The van der Waals surface area contributed by atoms with E-state index in [1.54, 1.807) is 30.7 Å². The summed E-state index contributed by atoms with van der Waals surface area (Å²) in [5, 5.41) is 2.96. The lowest BCUT2D eigenvalue weighted by Gasteiger charge is -2.26. The van der Waals surface area contributed by atoms with Crippen LogP contribution < -0.4 is 16.8 Å². The van der Waals surface area contributed by atoms with E-state index < -0.39 is 21.8 Å². The van der Waals surface area contributed by atoms with Crippen LogP contribution in [0.2, 0.25) is 0 Å². The molecule has 6 nitrogen and oxygen atoms in total. The number of carbonyl (C=O) groups excluding carboxylic acids is 1. The molecule has 0 bridgehead atoms. The Hall–Kier alpha value is -2.61. The minimum Gasteiger partial charge on any atom is -0.461 e. The van der Waals surface area contributed by atoms with E-state index in [4.69, 9.17) is 16.2 Å². The highest BCUT2D eigenvalue weighted by Crippen LogP contribution is 2.46. The number of nitrogens with one attached hydrogen (secondary N) is 1. The molecular weight excluding hydrogens is 367 g/mol. The number of esters is 1. The second-order valence-corrected chi connectivity index (χ2v) is 10.9. The highest BCUT2D eigenvalue weighted by Gasteiger charge is 2.25. The Morgan fingerprint density at radius 2 is 2.04 bits per heavy atom. The Labute approximate surface area is 160 Å². The first-order valence-corrected chi connectivity index (χ1v) is 11.3. The number of nitrogens with two attached hydrogens (primary N) is 2. The van der Waals surface area contributed by atoms with E-state index in [2.05, 4.69) is 24.1 Å². The molecule has 148 valence electrons. The zero-order chi connectivity index (χ0) is 20.4. The summed E-state index contributed by atoms with van der Waals surface area (Å²) < 4.78 is 21.4. The van der Waals surface area contributed by atoms with E-state index in [9.17, 15) is 9.18 Å². The lowest BCUT2D eigenvalue weighted by Crippen LogP contribution is -2.12. The van der Waals surface area contributed by atoms with Crippen LogP contribution in [0.3, 0.4) is 0 Å². The van der Waals surface area contributed by atoms with Crippen molar-refractivity contribution < 1.29 is 13.9 Å². The fraction of sp³-hybridized carbons (Fsp3) is 0.316. The fourth-order valence-corrected chi connectivity index (χ4v) is 3.63. The molecule has 0 fully saturated rings. The number of halogens is 1. The van der Waals surface area contributed by atoms with Crippen molar-refractivity contribution in [3.8, 4) is 0 Å². The number of nitrogens with zero attached hydrogens (tertiary/aromatic N) is 1. The van der Waals surface area contributed by atoms with Gasteiger partial charge in [0, 0.05) is 7.05 Å². The van der Waals surface area contributed by atoms with Gasteiger partial charge in [0.05, 0.1) is 29.4 Å². The predicted octanol–water partition coefficient (Wildman–Crippen LogP) is 3.65. The minimum atomic E-state index is -1.06. The summed E-state index contributed by atoms with van der Waals surface area (Å²) in [6, 6.07) is 5.05. The van der Waals surface area contributed by atoms with Crippen molar-refractivity contribution in [1.29, 1.82) is 0 Å². The monoisotopic (exact) mass is 394 g/mol. The number of benzene rings is 1. The summed E-state index contributed by atoms with van der Waals surface area (Å²) in [5.41, 5.74) is 13.2. The van der Waals surface area contributed by atoms with Crippen LogP contribution in [0.15, 0.2) is 29.3 Å². The number of nitrogen functional groups attached to an aromatic ring is 1. The minimum absolute atomic E-state index is 0.201. The van der Waals surface area contributed by atoms with Crippen LogP contribution in [0, 0.1) is 5.82 Å². The molecule has 0 atom stereocenters. The van der Waals surface area contributed by atoms with Gasteiger partial charge in [0.15, 0.2) is 5.69 Å². The van der Waals surface area contributed by atoms with Crippen LogP contribution in [0.1, 0.15) is 23.1 Å². The molecule has 0 aliphatic heterocycles. The van der Waals surface area contributed by atoms with E-state index in [1.165, 1.54) is 12.3 Å². The molecule has 0 unspecified atom stereocenters. The largest absolute Gasteiger partial charge is 0.461 e. The molecule has 2 aromatic rings. The second-order valence-electron chi connectivity index (χ2n) is 6.76. The summed E-state index contributed by atoms with van der Waals surface area (Å²) >= 11 is 0. The molecular formula is C19H27FN4O2S. The van der Waals surface area contributed by atoms with Crippen molar-refractivity contribution in [2.24, 2.45) is 12.8 Å². The summed E-state index contributed by atoms with van der Waals surface area (Å²) in [6.45, 7) is 1.92. The molecule has 5 N–H and O–H groups in total. The number of ether oxygens (including phenoxy) is 1. The van der Waals surface area contributed by atoms with Gasteiger partial charge in [0.25, 0.3) is 0 Å². The first-order chi connectivity index (χ1) is 12.6. The zero-order valence-corrected chi connectivity index (χ0v) is 17.1. The Morgan fingerprint density at radius 1 is 1.37 bits per heavy atom. The molecule has 0 aliphatic rings. The van der Waals surface area contributed by atoms with E-state index >= 15 is 0 Å². The van der Waals surface area contributed by atoms with Gasteiger partial charge in [-0.15, -0.1) is 0 Å². The third-order valence-electron chi connectivity index (χ3n) is 4.11. The van der Waals surface area contributed by atoms with Gasteiger partial charge in [-0.1, -0.05) is 0 Å². The molecule has 2 rings (SSSR count). The molecule has 1 aromatic carbocycles. The Kier molecular flexibility index (Phi) is 6.10. The molecule has 27 heavy (non-hydrogen) atoms. The molecule has 0 radical (unpaired) electrons. The van der Waals surface area contributed by atoms with Gasteiger partial charge >= 0.3 is 5.97 Å². The molecule has 0 aliphatic carbocycles. The Balaban J connectivity index is 2.55. The lowest BCUT2D eigenvalue weighted by atomic mass is 10.2. The van der Waals surface area contributed by atoms with Crippen LogP contribution in [-0.4, -0.2) is 35.9 Å². The van der Waals surface area contributed by atoms with Gasteiger partial charge in [-0.05, 0) is 61.1 Å². The molecule has 0 saturated heterocycles. The SMILES string of the molecule is CCOC(=O)c1c(Nc2ccc(S(C)(C)C)cc2F)c(N)c(/C=C\N)n1C. The van der Waals surface area contributed by atoms with Crippen molar-refractivity contribution in [2.75, 3.05) is 36.4 Å². The van der Waals surface area contributed by atoms with Crippen molar-refractivity contribution >= 4 is 39.1 Å². The van der Waals surface area contributed by atoms with Crippen LogP contribution in [0.25, 0.3) is 6.08 Å². The third-order valence-corrected chi connectivity index (χ3v) is 5.78. The summed E-state index contributed by atoms with van der Waals surface area (Å²) in [5.74, 6) is -0.967. The predicted molar refractivity (Wildman–Crippen MR) is 112 cm³/mol.